The van der Waals surface area contributed by atoms with Crippen LogP contribution >= 0.6 is 0 Å². The summed E-state index contributed by atoms with van der Waals surface area (Å²) < 4.78 is 38.1. The van der Waals surface area contributed by atoms with Gasteiger partial charge in [-0.15, -0.1) is 0 Å². The number of fused-ring (bicyclic) bond motifs is 1. The zero-order valence-electron chi connectivity index (χ0n) is 15.1. The number of carbonyl (C=O) groups is 2. The third kappa shape index (κ3) is 4.69. The molecule has 0 aliphatic carbocycles. The average Bonchev–Trinajstić information content (AvgIpc) is 2.99. The van der Waals surface area contributed by atoms with E-state index < -0.39 is 33.4 Å². The van der Waals surface area contributed by atoms with Crippen molar-refractivity contribution in [1.29, 1.82) is 0 Å². The van der Waals surface area contributed by atoms with Crippen molar-refractivity contribution in [3.05, 3.63) is 40.2 Å². The van der Waals surface area contributed by atoms with Gasteiger partial charge in [-0.1, -0.05) is 0 Å². The highest BCUT2D eigenvalue weighted by Gasteiger charge is 2.34. The topological polar surface area (TPSA) is 129 Å². The van der Waals surface area contributed by atoms with Crippen LogP contribution in [-0.2, 0) is 30.7 Å². The minimum atomic E-state index is -3.19. The number of ether oxygens (including phenoxy) is 2. The van der Waals surface area contributed by atoms with Crippen LogP contribution in [0.1, 0.15) is 18.9 Å². The minimum absolute atomic E-state index is 0.0269. The molecule has 1 aliphatic heterocycles. The Labute approximate surface area is 160 Å². The highest BCUT2D eigenvalue weighted by atomic mass is 32.2. The zero-order chi connectivity index (χ0) is 20.3. The normalized spacial score (nSPS) is 18.0. The lowest BCUT2D eigenvalue weighted by molar-refractivity contribution is -0.148. The number of anilines is 1. The Hall–Kier alpha value is -2.88. The fourth-order valence-corrected chi connectivity index (χ4v) is 4.69. The molecular weight excluding hydrogens is 390 g/mol. The largest absolute Gasteiger partial charge is 0.461 e. The van der Waals surface area contributed by atoms with Crippen molar-refractivity contribution in [1.82, 2.24) is 0 Å². The molecule has 3 rings (SSSR count). The van der Waals surface area contributed by atoms with Crippen LogP contribution < -0.4 is 10.9 Å². The van der Waals surface area contributed by atoms with E-state index in [0.717, 1.165) is 0 Å². The monoisotopic (exact) mass is 409 g/mol. The van der Waals surface area contributed by atoms with Crippen molar-refractivity contribution in [3.8, 4) is 0 Å². The second kappa shape index (κ2) is 8.01. The molecule has 150 valence electrons. The summed E-state index contributed by atoms with van der Waals surface area (Å²) in [5, 5.41) is 3.03. The number of benzene rings is 1. The lowest BCUT2D eigenvalue weighted by Crippen LogP contribution is -2.19. The lowest BCUT2D eigenvalue weighted by atomic mass is 10.1. The van der Waals surface area contributed by atoms with Crippen LogP contribution in [0.3, 0.4) is 0 Å². The number of nitrogens with one attached hydrogen (secondary N) is 1. The smallest absolute Gasteiger partial charge is 0.411 e. The van der Waals surface area contributed by atoms with Crippen molar-refractivity contribution in [2.45, 2.75) is 20.0 Å². The minimum Gasteiger partial charge on any atom is -0.461 e. The second-order valence-electron chi connectivity index (χ2n) is 6.35. The number of amides is 1. The maximum absolute atomic E-state index is 12.1. The molecule has 9 nitrogen and oxygen atoms in total. The Kier molecular flexibility index (Phi) is 5.68. The van der Waals surface area contributed by atoms with Crippen LogP contribution in [-0.4, -0.2) is 38.6 Å². The molecular formula is C18H19NO8S. The van der Waals surface area contributed by atoms with Gasteiger partial charge in [0.2, 0.25) is 0 Å². The SMILES string of the molecule is CCOC(=O)Nc1ccc2c(COC(=O)C3CCS(=O)(=O)C3)cc(=O)oc2c1. The molecule has 0 spiro atoms. The number of hydrogen-bond acceptors (Lipinski definition) is 8. The van der Waals surface area contributed by atoms with Gasteiger partial charge in [-0.25, -0.2) is 18.0 Å². The van der Waals surface area contributed by atoms with Gasteiger partial charge in [-0.05, 0) is 25.5 Å². The van der Waals surface area contributed by atoms with Gasteiger partial charge in [0, 0.05) is 28.8 Å². The Bertz CT molecular complexity index is 1070. The molecule has 0 saturated carbocycles. The molecule has 1 saturated heterocycles. The van der Waals surface area contributed by atoms with Crippen molar-refractivity contribution in [3.63, 3.8) is 0 Å². The number of hydrogen-bond donors (Lipinski definition) is 1. The Balaban J connectivity index is 1.76. The summed E-state index contributed by atoms with van der Waals surface area (Å²) in [5.74, 6) is -1.53. The third-order valence-electron chi connectivity index (χ3n) is 4.29. The summed E-state index contributed by atoms with van der Waals surface area (Å²) in [6, 6.07) is 5.87. The molecule has 1 aromatic carbocycles. The number of carbonyl (C=O) groups excluding carboxylic acids is 2. The van der Waals surface area contributed by atoms with Crippen molar-refractivity contribution < 1.29 is 31.9 Å². The molecule has 10 heteroatoms. The predicted octanol–water partition coefficient (Wildman–Crippen LogP) is 1.84. The van der Waals surface area contributed by atoms with Crippen LogP contribution in [0.15, 0.2) is 33.5 Å². The molecule has 1 aromatic heterocycles. The van der Waals surface area contributed by atoms with Crippen molar-refractivity contribution in [2.75, 3.05) is 23.4 Å². The summed E-state index contributed by atoms with van der Waals surface area (Å²) in [6.07, 6.45) is -0.400. The summed E-state index contributed by atoms with van der Waals surface area (Å²) in [7, 11) is -3.19. The molecule has 28 heavy (non-hydrogen) atoms. The first-order valence-corrected chi connectivity index (χ1v) is 10.5. The third-order valence-corrected chi connectivity index (χ3v) is 6.06. The summed E-state index contributed by atoms with van der Waals surface area (Å²) in [6.45, 7) is 1.70. The van der Waals surface area contributed by atoms with E-state index in [9.17, 15) is 22.8 Å². The van der Waals surface area contributed by atoms with E-state index in [1.54, 1.807) is 19.1 Å². The van der Waals surface area contributed by atoms with Crippen LogP contribution in [0, 0.1) is 5.92 Å². The molecule has 1 fully saturated rings. The molecule has 2 heterocycles. The molecule has 1 atom stereocenters. The number of sulfone groups is 1. The average molecular weight is 409 g/mol. The molecule has 1 N–H and O–H groups in total. The molecule has 0 radical (unpaired) electrons. The molecule has 1 unspecified atom stereocenters. The zero-order valence-corrected chi connectivity index (χ0v) is 15.9. The quantitative estimate of drug-likeness (QED) is 0.585. The van der Waals surface area contributed by atoms with E-state index in [1.807, 2.05) is 0 Å². The number of rotatable bonds is 5. The second-order valence-corrected chi connectivity index (χ2v) is 8.58. The standard InChI is InChI=1S/C18H19NO8S/c1-2-25-18(22)19-13-3-4-14-12(7-16(20)27-15(14)8-13)9-26-17(21)11-5-6-28(23,24)10-11/h3-4,7-8,11H,2,5-6,9-10H2,1H3,(H,19,22). The van der Waals surface area contributed by atoms with E-state index in [4.69, 9.17) is 13.9 Å². The Morgan fingerprint density at radius 1 is 1.25 bits per heavy atom. The molecule has 2 aromatic rings. The fraction of sp³-hybridized carbons (Fsp3) is 0.389. The van der Waals surface area contributed by atoms with E-state index in [2.05, 4.69) is 5.32 Å². The van der Waals surface area contributed by atoms with E-state index in [-0.39, 0.29) is 36.7 Å². The van der Waals surface area contributed by atoms with Gasteiger partial charge in [0.15, 0.2) is 9.84 Å². The van der Waals surface area contributed by atoms with E-state index >= 15 is 0 Å². The maximum Gasteiger partial charge on any atom is 0.411 e. The Morgan fingerprint density at radius 3 is 2.71 bits per heavy atom. The van der Waals surface area contributed by atoms with E-state index in [1.165, 1.54) is 12.1 Å². The molecule has 0 bridgehead atoms. The van der Waals surface area contributed by atoms with Gasteiger partial charge >= 0.3 is 17.7 Å². The first kappa shape index (κ1) is 19.9. The first-order valence-electron chi connectivity index (χ1n) is 8.65. The van der Waals surface area contributed by atoms with Crippen molar-refractivity contribution >= 4 is 38.6 Å². The van der Waals surface area contributed by atoms with Crippen LogP contribution in [0.4, 0.5) is 10.5 Å². The summed E-state index contributed by atoms with van der Waals surface area (Å²) in [4.78, 5) is 35.4. The van der Waals surface area contributed by atoms with Gasteiger partial charge in [0.25, 0.3) is 0 Å². The summed E-state index contributed by atoms with van der Waals surface area (Å²) in [5.41, 5.74) is 0.356. The van der Waals surface area contributed by atoms with Crippen LogP contribution in [0.5, 0.6) is 0 Å². The fourth-order valence-electron chi connectivity index (χ4n) is 2.96. The Morgan fingerprint density at radius 2 is 2.04 bits per heavy atom. The lowest BCUT2D eigenvalue weighted by Gasteiger charge is -2.11. The summed E-state index contributed by atoms with van der Waals surface area (Å²) >= 11 is 0. The first-order chi connectivity index (χ1) is 13.3. The highest BCUT2D eigenvalue weighted by molar-refractivity contribution is 7.91. The van der Waals surface area contributed by atoms with Gasteiger partial charge in [-0.3, -0.25) is 10.1 Å². The maximum atomic E-state index is 12.1. The van der Waals surface area contributed by atoms with Gasteiger partial charge < -0.3 is 13.9 Å². The number of esters is 1. The van der Waals surface area contributed by atoms with Crippen LogP contribution in [0.2, 0.25) is 0 Å². The van der Waals surface area contributed by atoms with Gasteiger partial charge in [0.05, 0.1) is 24.0 Å². The highest BCUT2D eigenvalue weighted by Crippen LogP contribution is 2.24. The molecule has 1 amide bonds. The van der Waals surface area contributed by atoms with E-state index in [0.29, 0.717) is 16.6 Å². The van der Waals surface area contributed by atoms with Gasteiger partial charge in [-0.2, -0.15) is 0 Å². The predicted molar refractivity (Wildman–Crippen MR) is 99.7 cm³/mol. The van der Waals surface area contributed by atoms with Crippen LogP contribution in [0.25, 0.3) is 11.0 Å². The van der Waals surface area contributed by atoms with Gasteiger partial charge in [0.1, 0.15) is 12.2 Å². The molecule has 1 aliphatic rings. The van der Waals surface area contributed by atoms with Crippen molar-refractivity contribution in [2.24, 2.45) is 5.92 Å².